The number of hydrogen-bond donors (Lipinski definition) is 2. The molecule has 2 amide bonds. The second-order valence-corrected chi connectivity index (χ2v) is 7.25. The first-order valence-electron chi connectivity index (χ1n) is 9.54. The number of nitrogens with one attached hydrogen (secondary N) is 1. The van der Waals surface area contributed by atoms with Crippen LogP contribution in [-0.4, -0.2) is 65.2 Å². The minimum absolute atomic E-state index is 0.0645. The molecule has 2 aliphatic rings. The van der Waals surface area contributed by atoms with E-state index in [2.05, 4.69) is 12.2 Å². The van der Waals surface area contributed by atoms with Crippen molar-refractivity contribution in [1.29, 1.82) is 0 Å². The Morgan fingerprint density at radius 2 is 1.71 bits per heavy atom. The highest BCUT2D eigenvalue weighted by atomic mass is 16.4. The first kappa shape index (κ1) is 19.0. The Kier molecular flexibility index (Phi) is 7.34. The van der Waals surface area contributed by atoms with Crippen molar-refractivity contribution >= 4 is 12.0 Å². The lowest BCUT2D eigenvalue weighted by Crippen LogP contribution is -2.52. The molecule has 0 aromatic rings. The van der Waals surface area contributed by atoms with Crippen LogP contribution in [0.1, 0.15) is 58.8 Å². The van der Waals surface area contributed by atoms with Crippen molar-refractivity contribution in [1.82, 2.24) is 15.1 Å². The van der Waals surface area contributed by atoms with Gasteiger partial charge in [-0.25, -0.2) is 4.79 Å². The van der Waals surface area contributed by atoms with Gasteiger partial charge in [0.25, 0.3) is 0 Å². The lowest BCUT2D eigenvalue weighted by molar-refractivity contribution is -0.139. The molecular weight excluding hydrogens is 306 g/mol. The Labute approximate surface area is 145 Å². The van der Waals surface area contributed by atoms with Crippen molar-refractivity contribution in [3.05, 3.63) is 0 Å². The van der Waals surface area contributed by atoms with Crippen LogP contribution in [0.2, 0.25) is 0 Å². The molecule has 0 unspecified atom stereocenters. The average Bonchev–Trinajstić information content (AvgIpc) is 2.60. The summed E-state index contributed by atoms with van der Waals surface area (Å²) in [6.45, 7) is 6.51. The third-order valence-electron chi connectivity index (χ3n) is 5.76. The predicted molar refractivity (Wildman–Crippen MR) is 94.0 cm³/mol. The monoisotopic (exact) mass is 339 g/mol. The number of rotatable bonds is 6. The van der Waals surface area contributed by atoms with E-state index in [1.54, 1.807) is 0 Å². The van der Waals surface area contributed by atoms with Crippen molar-refractivity contribution in [2.24, 2.45) is 5.92 Å². The van der Waals surface area contributed by atoms with Gasteiger partial charge in [0.1, 0.15) is 0 Å². The Hall–Kier alpha value is -1.30. The highest BCUT2D eigenvalue weighted by Gasteiger charge is 2.29. The number of likely N-dealkylation sites (N-methyl/N-ethyl adjacent to an activating group) is 1. The zero-order valence-corrected chi connectivity index (χ0v) is 15.2. The predicted octanol–water partition coefficient (Wildman–Crippen LogP) is 2.54. The van der Waals surface area contributed by atoms with E-state index >= 15 is 0 Å². The van der Waals surface area contributed by atoms with Gasteiger partial charge in [-0.3, -0.25) is 9.69 Å². The molecule has 1 heterocycles. The topological polar surface area (TPSA) is 72.9 Å². The first-order chi connectivity index (χ1) is 11.5. The van der Waals surface area contributed by atoms with Crippen LogP contribution >= 0.6 is 0 Å². The number of urea groups is 1. The number of piperidine rings is 1. The van der Waals surface area contributed by atoms with Crippen molar-refractivity contribution in [3.63, 3.8) is 0 Å². The van der Waals surface area contributed by atoms with Crippen molar-refractivity contribution in [3.8, 4) is 0 Å². The zero-order valence-electron chi connectivity index (χ0n) is 15.2. The Morgan fingerprint density at radius 3 is 2.21 bits per heavy atom. The van der Waals surface area contributed by atoms with E-state index in [4.69, 9.17) is 5.11 Å². The summed E-state index contributed by atoms with van der Waals surface area (Å²) in [7, 11) is 0. The van der Waals surface area contributed by atoms with Crippen LogP contribution in [0.3, 0.4) is 0 Å². The highest BCUT2D eigenvalue weighted by molar-refractivity contribution is 5.74. The molecule has 1 saturated heterocycles. The van der Waals surface area contributed by atoms with E-state index < -0.39 is 5.97 Å². The van der Waals surface area contributed by atoms with Gasteiger partial charge in [0.2, 0.25) is 0 Å². The van der Waals surface area contributed by atoms with Crippen LogP contribution in [-0.2, 0) is 4.79 Å². The van der Waals surface area contributed by atoms with E-state index in [1.807, 2.05) is 16.7 Å². The molecule has 0 bridgehead atoms. The molecule has 0 aromatic carbocycles. The van der Waals surface area contributed by atoms with Crippen LogP contribution in [0.15, 0.2) is 0 Å². The number of carbonyl (C=O) groups excluding carboxylic acids is 1. The molecule has 2 fully saturated rings. The van der Waals surface area contributed by atoms with Crippen molar-refractivity contribution in [2.75, 3.05) is 26.2 Å². The van der Waals surface area contributed by atoms with Crippen LogP contribution in [0.5, 0.6) is 0 Å². The summed E-state index contributed by atoms with van der Waals surface area (Å²) in [4.78, 5) is 27.3. The van der Waals surface area contributed by atoms with E-state index in [0.717, 1.165) is 51.2 Å². The van der Waals surface area contributed by atoms with Gasteiger partial charge in [0.05, 0.1) is 6.54 Å². The fourth-order valence-electron chi connectivity index (χ4n) is 4.09. The van der Waals surface area contributed by atoms with E-state index in [9.17, 15) is 9.59 Å². The molecule has 0 spiro atoms. The third-order valence-corrected chi connectivity index (χ3v) is 5.76. The average molecular weight is 339 g/mol. The number of carboxylic acids is 1. The maximum atomic E-state index is 12.4. The molecule has 138 valence electrons. The Bertz CT molecular complexity index is 414. The van der Waals surface area contributed by atoms with Crippen molar-refractivity contribution in [2.45, 2.75) is 70.9 Å². The minimum Gasteiger partial charge on any atom is -0.480 e. The summed E-state index contributed by atoms with van der Waals surface area (Å²) in [6, 6.07) is 0.669. The smallest absolute Gasteiger partial charge is 0.317 e. The van der Waals surface area contributed by atoms with Gasteiger partial charge in [-0.05, 0) is 51.0 Å². The van der Waals surface area contributed by atoms with Crippen LogP contribution in [0.4, 0.5) is 4.79 Å². The summed E-state index contributed by atoms with van der Waals surface area (Å²) < 4.78 is 0. The summed E-state index contributed by atoms with van der Waals surface area (Å²) >= 11 is 0. The van der Waals surface area contributed by atoms with E-state index in [0.29, 0.717) is 6.04 Å². The molecule has 2 rings (SSSR count). The van der Waals surface area contributed by atoms with Gasteiger partial charge in [0, 0.05) is 25.2 Å². The minimum atomic E-state index is -0.778. The fraction of sp³-hybridized carbons (Fsp3) is 0.889. The molecule has 0 radical (unpaired) electrons. The molecule has 2 N–H and O–H groups in total. The van der Waals surface area contributed by atoms with Gasteiger partial charge >= 0.3 is 12.0 Å². The van der Waals surface area contributed by atoms with Gasteiger partial charge in [0.15, 0.2) is 0 Å². The highest BCUT2D eigenvalue weighted by Crippen LogP contribution is 2.26. The molecule has 1 aliphatic heterocycles. The SMILES string of the molecule is CCC1CCC(NC(=O)N2CCC(N(CC)CC(=O)O)CC2)CC1. The third kappa shape index (κ3) is 5.36. The van der Waals surface area contributed by atoms with Crippen LogP contribution in [0.25, 0.3) is 0 Å². The number of likely N-dealkylation sites (tertiary alicyclic amines) is 1. The summed E-state index contributed by atoms with van der Waals surface area (Å²) in [6.07, 6.45) is 7.62. The van der Waals surface area contributed by atoms with Gasteiger partial charge < -0.3 is 15.3 Å². The molecule has 0 atom stereocenters. The summed E-state index contributed by atoms with van der Waals surface area (Å²) in [5.41, 5.74) is 0. The first-order valence-corrected chi connectivity index (χ1v) is 9.54. The summed E-state index contributed by atoms with van der Waals surface area (Å²) in [5, 5.41) is 12.2. The molecule has 24 heavy (non-hydrogen) atoms. The largest absolute Gasteiger partial charge is 0.480 e. The second kappa shape index (κ2) is 9.25. The number of aliphatic carboxylic acids is 1. The second-order valence-electron chi connectivity index (χ2n) is 7.25. The summed E-state index contributed by atoms with van der Waals surface area (Å²) in [5.74, 6) is 0.0582. The van der Waals surface area contributed by atoms with Gasteiger partial charge in [-0.15, -0.1) is 0 Å². The van der Waals surface area contributed by atoms with Crippen LogP contribution in [0, 0.1) is 5.92 Å². The number of carboxylic acid groups (broad SMARTS) is 1. The maximum absolute atomic E-state index is 12.4. The van der Waals surface area contributed by atoms with Gasteiger partial charge in [-0.2, -0.15) is 0 Å². The lowest BCUT2D eigenvalue weighted by Gasteiger charge is -2.38. The Morgan fingerprint density at radius 1 is 1.08 bits per heavy atom. The van der Waals surface area contributed by atoms with E-state index in [-0.39, 0.29) is 18.6 Å². The molecule has 6 nitrogen and oxygen atoms in total. The molecule has 0 aromatic heterocycles. The molecular formula is C18H33N3O3. The number of hydrogen-bond acceptors (Lipinski definition) is 3. The van der Waals surface area contributed by atoms with Gasteiger partial charge in [-0.1, -0.05) is 20.3 Å². The fourth-order valence-corrected chi connectivity index (χ4v) is 4.09. The maximum Gasteiger partial charge on any atom is 0.317 e. The quantitative estimate of drug-likeness (QED) is 0.780. The molecule has 1 saturated carbocycles. The standard InChI is InChI=1S/C18H33N3O3/c1-3-14-5-7-15(8-6-14)19-18(24)21-11-9-16(10-12-21)20(4-2)13-17(22)23/h14-16H,3-13H2,1-2H3,(H,19,24)(H,22,23). The number of carbonyl (C=O) groups is 2. The molecule has 1 aliphatic carbocycles. The van der Waals surface area contributed by atoms with Crippen molar-refractivity contribution < 1.29 is 14.7 Å². The Balaban J connectivity index is 1.73. The lowest BCUT2D eigenvalue weighted by atomic mass is 9.84. The van der Waals surface area contributed by atoms with Crippen LogP contribution < -0.4 is 5.32 Å². The van der Waals surface area contributed by atoms with E-state index in [1.165, 1.54) is 19.3 Å². The number of amides is 2. The zero-order chi connectivity index (χ0) is 17.5. The number of nitrogens with zero attached hydrogens (tertiary/aromatic N) is 2. The normalized spacial score (nSPS) is 25.7. The molecule has 6 heteroatoms.